The Kier molecular flexibility index (Phi) is 3.02. The van der Waals surface area contributed by atoms with E-state index in [4.69, 9.17) is 0 Å². The van der Waals surface area contributed by atoms with Crippen LogP contribution in [0, 0.1) is 12.8 Å². The van der Waals surface area contributed by atoms with Crippen molar-refractivity contribution in [3.63, 3.8) is 0 Å². The molecule has 0 aliphatic rings. The zero-order valence-electron chi connectivity index (χ0n) is 7.83. The van der Waals surface area contributed by atoms with Gasteiger partial charge in [0, 0.05) is 12.7 Å². The molecule has 0 amide bonds. The summed E-state index contributed by atoms with van der Waals surface area (Å²) in [7, 11) is 0. The van der Waals surface area contributed by atoms with Crippen LogP contribution < -0.4 is 5.32 Å². The fourth-order valence-corrected chi connectivity index (χ4v) is 0.863. The molecule has 0 radical (unpaired) electrons. The predicted octanol–water partition coefficient (Wildman–Crippen LogP) is 1.85. The van der Waals surface area contributed by atoms with Crippen molar-refractivity contribution in [2.75, 3.05) is 11.9 Å². The molecule has 0 saturated carbocycles. The topological polar surface area (TPSA) is 37.8 Å². The maximum atomic E-state index is 4.22. The Morgan fingerprint density at radius 1 is 1.50 bits per heavy atom. The third kappa shape index (κ3) is 2.86. The van der Waals surface area contributed by atoms with Crippen molar-refractivity contribution in [2.24, 2.45) is 5.92 Å². The molecule has 0 bridgehead atoms. The van der Waals surface area contributed by atoms with Gasteiger partial charge in [0.25, 0.3) is 0 Å². The molecular weight excluding hydrogens is 150 g/mol. The molecule has 1 rings (SSSR count). The van der Waals surface area contributed by atoms with Crippen molar-refractivity contribution in [3.8, 4) is 0 Å². The van der Waals surface area contributed by atoms with Crippen LogP contribution in [-0.4, -0.2) is 16.5 Å². The van der Waals surface area contributed by atoms with Crippen LogP contribution in [-0.2, 0) is 0 Å². The summed E-state index contributed by atoms with van der Waals surface area (Å²) in [6, 6.07) is 1.88. The van der Waals surface area contributed by atoms with E-state index < -0.39 is 0 Å². The van der Waals surface area contributed by atoms with Crippen LogP contribution in [0.1, 0.15) is 19.7 Å². The van der Waals surface area contributed by atoms with Gasteiger partial charge in [-0.15, -0.1) is 0 Å². The second-order valence-corrected chi connectivity index (χ2v) is 3.26. The number of anilines is 1. The van der Waals surface area contributed by atoms with Crippen LogP contribution in [0.4, 0.5) is 5.82 Å². The predicted molar refractivity (Wildman–Crippen MR) is 50.1 cm³/mol. The fourth-order valence-electron chi connectivity index (χ4n) is 0.863. The number of nitrogens with one attached hydrogen (secondary N) is 1. The monoisotopic (exact) mass is 165 g/mol. The molecule has 0 unspecified atom stereocenters. The molecule has 1 aromatic heterocycles. The summed E-state index contributed by atoms with van der Waals surface area (Å²) in [6.45, 7) is 7.18. The zero-order chi connectivity index (χ0) is 8.97. The van der Waals surface area contributed by atoms with Crippen LogP contribution in [0.5, 0.6) is 0 Å². The number of nitrogens with zero attached hydrogens (tertiary/aromatic N) is 2. The van der Waals surface area contributed by atoms with Crippen molar-refractivity contribution >= 4 is 5.82 Å². The molecule has 3 heteroatoms. The first-order valence-corrected chi connectivity index (χ1v) is 4.22. The molecule has 0 aliphatic carbocycles. The quantitative estimate of drug-likeness (QED) is 0.742. The molecular formula is C9H15N3. The normalized spacial score (nSPS) is 10.3. The highest BCUT2D eigenvalue weighted by Crippen LogP contribution is 2.02. The van der Waals surface area contributed by atoms with Crippen LogP contribution in [0.15, 0.2) is 12.3 Å². The molecule has 0 saturated heterocycles. The Labute approximate surface area is 73.2 Å². The summed E-state index contributed by atoms with van der Waals surface area (Å²) in [4.78, 5) is 8.24. The van der Waals surface area contributed by atoms with Gasteiger partial charge in [-0.3, -0.25) is 0 Å². The molecule has 12 heavy (non-hydrogen) atoms. The van der Waals surface area contributed by atoms with Gasteiger partial charge in [-0.25, -0.2) is 9.97 Å². The first-order valence-electron chi connectivity index (χ1n) is 4.22. The lowest BCUT2D eigenvalue weighted by Gasteiger charge is -2.07. The van der Waals surface area contributed by atoms with E-state index in [-0.39, 0.29) is 0 Å². The lowest BCUT2D eigenvalue weighted by molar-refractivity contribution is 0.686. The van der Waals surface area contributed by atoms with Gasteiger partial charge >= 0.3 is 0 Å². The van der Waals surface area contributed by atoms with Crippen molar-refractivity contribution in [3.05, 3.63) is 18.1 Å². The van der Waals surface area contributed by atoms with Crippen LogP contribution in [0.25, 0.3) is 0 Å². The van der Waals surface area contributed by atoms with Gasteiger partial charge in [0.2, 0.25) is 0 Å². The van der Waals surface area contributed by atoms with Gasteiger partial charge in [0.15, 0.2) is 0 Å². The van der Waals surface area contributed by atoms with Crippen molar-refractivity contribution in [1.82, 2.24) is 9.97 Å². The number of hydrogen-bond donors (Lipinski definition) is 1. The highest BCUT2D eigenvalue weighted by Gasteiger charge is 1.95. The average molecular weight is 165 g/mol. The fraction of sp³-hybridized carbons (Fsp3) is 0.556. The second-order valence-electron chi connectivity index (χ2n) is 3.26. The van der Waals surface area contributed by atoms with Crippen LogP contribution >= 0.6 is 0 Å². The molecule has 1 N–H and O–H groups in total. The smallest absolute Gasteiger partial charge is 0.129 e. The Balaban J connectivity index is 2.52. The van der Waals surface area contributed by atoms with E-state index in [2.05, 4.69) is 29.1 Å². The van der Waals surface area contributed by atoms with Gasteiger partial charge in [-0.1, -0.05) is 13.8 Å². The lowest BCUT2D eigenvalue weighted by atomic mass is 10.2. The summed E-state index contributed by atoms with van der Waals surface area (Å²) in [5.74, 6) is 2.36. The van der Waals surface area contributed by atoms with E-state index >= 15 is 0 Å². The molecule has 1 aromatic rings. The lowest BCUT2D eigenvalue weighted by Crippen LogP contribution is -2.09. The minimum atomic E-state index is 0.639. The van der Waals surface area contributed by atoms with E-state index in [1.165, 1.54) is 0 Å². The summed E-state index contributed by atoms with van der Waals surface area (Å²) >= 11 is 0. The minimum Gasteiger partial charge on any atom is -0.370 e. The largest absolute Gasteiger partial charge is 0.370 e. The summed E-state index contributed by atoms with van der Waals surface area (Å²) < 4.78 is 0. The van der Waals surface area contributed by atoms with Gasteiger partial charge in [0.1, 0.15) is 11.6 Å². The van der Waals surface area contributed by atoms with E-state index in [0.29, 0.717) is 5.92 Å². The third-order valence-corrected chi connectivity index (χ3v) is 1.47. The summed E-state index contributed by atoms with van der Waals surface area (Å²) in [6.07, 6.45) is 1.77. The summed E-state index contributed by atoms with van der Waals surface area (Å²) in [5.41, 5.74) is 0. The molecule has 66 valence electrons. The van der Waals surface area contributed by atoms with Crippen LogP contribution in [0.2, 0.25) is 0 Å². The van der Waals surface area contributed by atoms with Gasteiger partial charge in [-0.2, -0.15) is 0 Å². The number of aromatic nitrogens is 2. The van der Waals surface area contributed by atoms with Gasteiger partial charge in [0.05, 0.1) is 0 Å². The number of aryl methyl sites for hydroxylation is 1. The molecule has 0 aliphatic heterocycles. The van der Waals surface area contributed by atoms with Gasteiger partial charge < -0.3 is 5.32 Å². The Morgan fingerprint density at radius 2 is 2.25 bits per heavy atom. The zero-order valence-corrected chi connectivity index (χ0v) is 7.83. The standard InChI is InChI=1S/C9H15N3/c1-7(2)6-11-9-4-5-10-8(3)12-9/h4-5,7H,6H2,1-3H3,(H,10,11,12). The molecule has 1 heterocycles. The Hall–Kier alpha value is -1.12. The Morgan fingerprint density at radius 3 is 2.83 bits per heavy atom. The minimum absolute atomic E-state index is 0.639. The maximum Gasteiger partial charge on any atom is 0.129 e. The first kappa shape index (κ1) is 8.97. The van der Waals surface area contributed by atoms with Crippen LogP contribution in [0.3, 0.4) is 0 Å². The van der Waals surface area contributed by atoms with Crippen molar-refractivity contribution < 1.29 is 0 Å². The molecule has 0 aromatic carbocycles. The highest BCUT2D eigenvalue weighted by molar-refractivity contribution is 5.32. The third-order valence-electron chi connectivity index (χ3n) is 1.47. The molecule has 3 nitrogen and oxygen atoms in total. The Bertz CT molecular complexity index is 245. The number of hydrogen-bond acceptors (Lipinski definition) is 3. The highest BCUT2D eigenvalue weighted by atomic mass is 15.0. The van der Waals surface area contributed by atoms with E-state index in [1.807, 2.05) is 13.0 Å². The van der Waals surface area contributed by atoms with Crippen molar-refractivity contribution in [1.29, 1.82) is 0 Å². The van der Waals surface area contributed by atoms with E-state index in [1.54, 1.807) is 6.20 Å². The second kappa shape index (κ2) is 4.04. The maximum absolute atomic E-state index is 4.22. The van der Waals surface area contributed by atoms with E-state index in [9.17, 15) is 0 Å². The SMILES string of the molecule is Cc1nccc(NCC(C)C)n1. The van der Waals surface area contributed by atoms with E-state index in [0.717, 1.165) is 18.2 Å². The van der Waals surface area contributed by atoms with Crippen molar-refractivity contribution in [2.45, 2.75) is 20.8 Å². The molecule has 0 atom stereocenters. The number of rotatable bonds is 3. The summed E-state index contributed by atoms with van der Waals surface area (Å²) in [5, 5.41) is 3.23. The molecule has 0 spiro atoms. The van der Waals surface area contributed by atoms with Gasteiger partial charge in [-0.05, 0) is 18.9 Å². The average Bonchev–Trinajstić information content (AvgIpc) is 2.01. The molecule has 0 fully saturated rings. The first-order chi connectivity index (χ1) is 5.68.